The van der Waals surface area contributed by atoms with Crippen molar-refractivity contribution in [1.29, 1.82) is 0 Å². The lowest BCUT2D eigenvalue weighted by molar-refractivity contribution is 0.0595. The van der Waals surface area contributed by atoms with Gasteiger partial charge in [0.1, 0.15) is 5.69 Å². The molecule has 1 aromatic carbocycles. The minimum Gasteiger partial charge on any atom is -0.464 e. The van der Waals surface area contributed by atoms with Crippen molar-refractivity contribution in [2.45, 2.75) is 0 Å². The molecule has 0 amide bonds. The van der Waals surface area contributed by atoms with Crippen LogP contribution >= 0.6 is 11.6 Å². The molecule has 6 nitrogen and oxygen atoms in total. The average molecular weight is 266 g/mol. The number of nitroso groups, excluding NO2 is 1. The molecule has 0 fully saturated rings. The molecule has 0 atom stereocenters. The Kier molecular flexibility index (Phi) is 3.38. The van der Waals surface area contributed by atoms with E-state index in [0.29, 0.717) is 10.6 Å². The molecule has 1 heterocycles. The van der Waals surface area contributed by atoms with Gasteiger partial charge in [-0.05, 0) is 17.3 Å². The lowest BCUT2D eigenvalue weighted by Gasteiger charge is -1.98. The smallest absolute Gasteiger partial charge is 0.358 e. The maximum absolute atomic E-state index is 11.4. The van der Waals surface area contributed by atoms with E-state index in [-0.39, 0.29) is 17.1 Å². The highest BCUT2D eigenvalue weighted by molar-refractivity contribution is 6.30. The summed E-state index contributed by atoms with van der Waals surface area (Å²) in [6, 6.07) is 6.65. The summed E-state index contributed by atoms with van der Waals surface area (Å²) in [6.07, 6.45) is 0. The Morgan fingerprint density at radius 2 is 2.06 bits per heavy atom. The molecule has 2 aromatic rings. The normalized spacial score (nSPS) is 10.1. The highest BCUT2D eigenvalue weighted by Gasteiger charge is 2.21. The maximum Gasteiger partial charge on any atom is 0.358 e. The van der Waals surface area contributed by atoms with Crippen molar-refractivity contribution in [2.24, 2.45) is 5.18 Å². The molecule has 0 aliphatic rings. The first-order valence-electron chi connectivity index (χ1n) is 4.93. The molecule has 0 unspecified atom stereocenters. The van der Waals surface area contributed by atoms with Gasteiger partial charge in [0.25, 0.3) is 0 Å². The number of nitrogens with one attached hydrogen (secondary N) is 1. The number of aromatic nitrogens is 2. The van der Waals surface area contributed by atoms with Crippen LogP contribution in [-0.4, -0.2) is 23.3 Å². The van der Waals surface area contributed by atoms with Crippen LogP contribution in [0.4, 0.5) is 5.69 Å². The number of aromatic amines is 1. The first kappa shape index (κ1) is 12.3. The molecule has 0 aliphatic carbocycles. The molecule has 2 rings (SSSR count). The maximum atomic E-state index is 11.4. The Balaban J connectivity index is 2.52. The van der Waals surface area contributed by atoms with Crippen molar-refractivity contribution in [3.63, 3.8) is 0 Å². The van der Waals surface area contributed by atoms with Gasteiger partial charge in [-0.15, -0.1) is 4.91 Å². The molecule has 1 N–H and O–H groups in total. The first-order chi connectivity index (χ1) is 8.67. The predicted octanol–water partition coefficient (Wildman–Crippen LogP) is 2.91. The number of benzene rings is 1. The van der Waals surface area contributed by atoms with Crippen molar-refractivity contribution in [3.8, 4) is 11.3 Å². The van der Waals surface area contributed by atoms with E-state index in [9.17, 15) is 9.70 Å². The predicted molar refractivity (Wildman–Crippen MR) is 65.8 cm³/mol. The molecule has 7 heteroatoms. The summed E-state index contributed by atoms with van der Waals surface area (Å²) in [7, 11) is 1.21. The summed E-state index contributed by atoms with van der Waals surface area (Å²) >= 11 is 5.76. The van der Waals surface area contributed by atoms with E-state index in [1.165, 1.54) is 7.11 Å². The van der Waals surface area contributed by atoms with Crippen LogP contribution in [0.1, 0.15) is 10.5 Å². The number of carbonyl (C=O) groups is 1. The second-order valence-electron chi connectivity index (χ2n) is 3.39. The van der Waals surface area contributed by atoms with Gasteiger partial charge in [-0.3, -0.25) is 5.10 Å². The standard InChI is InChI=1S/C11H8ClN3O3/c1-18-11(16)10-9(15-17)8(13-14-10)6-2-4-7(12)5-3-6/h2-5H,1H3,(H,13,14). The third-order valence-corrected chi connectivity index (χ3v) is 2.59. The number of carbonyl (C=O) groups excluding carboxylic acids is 1. The molecular formula is C11H8ClN3O3. The summed E-state index contributed by atoms with van der Waals surface area (Å²) in [4.78, 5) is 22.2. The van der Waals surface area contributed by atoms with Crippen LogP contribution in [0, 0.1) is 4.91 Å². The minimum atomic E-state index is -0.697. The van der Waals surface area contributed by atoms with Crippen LogP contribution in [0.15, 0.2) is 29.4 Å². The Labute approximate surface area is 107 Å². The second kappa shape index (κ2) is 4.97. The molecular weight excluding hydrogens is 258 g/mol. The average Bonchev–Trinajstić information content (AvgIpc) is 2.82. The SMILES string of the molecule is COC(=O)c1[nH]nc(-c2ccc(Cl)cc2)c1N=O. The van der Waals surface area contributed by atoms with E-state index in [2.05, 4.69) is 20.1 Å². The Bertz CT molecular complexity index is 592. The highest BCUT2D eigenvalue weighted by Crippen LogP contribution is 2.32. The number of H-pyrrole nitrogens is 1. The number of hydrogen-bond acceptors (Lipinski definition) is 5. The summed E-state index contributed by atoms with van der Waals surface area (Å²) in [5.41, 5.74) is 0.754. The zero-order chi connectivity index (χ0) is 13.1. The van der Waals surface area contributed by atoms with Gasteiger partial charge >= 0.3 is 5.97 Å². The van der Waals surface area contributed by atoms with E-state index in [1.54, 1.807) is 24.3 Å². The number of esters is 1. The number of methoxy groups -OCH3 is 1. The monoisotopic (exact) mass is 265 g/mol. The van der Waals surface area contributed by atoms with Gasteiger partial charge in [0.05, 0.1) is 7.11 Å². The number of nitrogens with zero attached hydrogens (tertiary/aromatic N) is 2. The van der Waals surface area contributed by atoms with Crippen LogP contribution in [0.2, 0.25) is 5.02 Å². The number of hydrogen-bond donors (Lipinski definition) is 1. The third-order valence-electron chi connectivity index (χ3n) is 2.34. The van der Waals surface area contributed by atoms with Crippen LogP contribution in [0.25, 0.3) is 11.3 Å². The molecule has 0 spiro atoms. The Morgan fingerprint density at radius 3 is 2.61 bits per heavy atom. The van der Waals surface area contributed by atoms with E-state index >= 15 is 0 Å². The van der Waals surface area contributed by atoms with E-state index < -0.39 is 5.97 Å². The van der Waals surface area contributed by atoms with Gasteiger partial charge < -0.3 is 4.74 Å². The van der Waals surface area contributed by atoms with Crippen molar-refractivity contribution >= 4 is 23.3 Å². The zero-order valence-electron chi connectivity index (χ0n) is 9.31. The van der Waals surface area contributed by atoms with E-state index in [0.717, 1.165) is 0 Å². The van der Waals surface area contributed by atoms with Crippen LogP contribution in [0.5, 0.6) is 0 Å². The van der Waals surface area contributed by atoms with Gasteiger partial charge in [0, 0.05) is 10.6 Å². The molecule has 18 heavy (non-hydrogen) atoms. The topological polar surface area (TPSA) is 84.4 Å². The summed E-state index contributed by atoms with van der Waals surface area (Å²) < 4.78 is 4.52. The van der Waals surface area contributed by atoms with Crippen LogP contribution in [0.3, 0.4) is 0 Å². The Hall–Kier alpha value is -2.21. The lowest BCUT2D eigenvalue weighted by atomic mass is 10.1. The fraction of sp³-hybridized carbons (Fsp3) is 0.0909. The molecule has 1 aromatic heterocycles. The van der Waals surface area contributed by atoms with Gasteiger partial charge in [0.15, 0.2) is 11.4 Å². The fourth-order valence-electron chi connectivity index (χ4n) is 1.48. The number of rotatable bonds is 3. The highest BCUT2D eigenvalue weighted by atomic mass is 35.5. The summed E-state index contributed by atoms with van der Waals surface area (Å²) in [6.45, 7) is 0. The summed E-state index contributed by atoms with van der Waals surface area (Å²) in [5, 5.41) is 9.71. The second-order valence-corrected chi connectivity index (χ2v) is 3.82. The zero-order valence-corrected chi connectivity index (χ0v) is 10.1. The van der Waals surface area contributed by atoms with Crippen molar-refractivity contribution in [1.82, 2.24) is 10.2 Å². The lowest BCUT2D eigenvalue weighted by Crippen LogP contribution is -2.01. The molecule has 0 bridgehead atoms. The van der Waals surface area contributed by atoms with Crippen molar-refractivity contribution in [2.75, 3.05) is 7.11 Å². The fourth-order valence-corrected chi connectivity index (χ4v) is 1.60. The van der Waals surface area contributed by atoms with Crippen molar-refractivity contribution in [3.05, 3.63) is 39.9 Å². The summed E-state index contributed by atoms with van der Waals surface area (Å²) in [5.74, 6) is -0.697. The molecule has 0 aliphatic heterocycles. The van der Waals surface area contributed by atoms with Gasteiger partial charge in [-0.1, -0.05) is 23.7 Å². The number of ether oxygens (including phenoxy) is 1. The van der Waals surface area contributed by atoms with Gasteiger partial charge in [-0.2, -0.15) is 5.10 Å². The van der Waals surface area contributed by atoms with Crippen LogP contribution < -0.4 is 0 Å². The molecule has 92 valence electrons. The molecule has 0 saturated heterocycles. The van der Waals surface area contributed by atoms with E-state index in [4.69, 9.17) is 11.6 Å². The quantitative estimate of drug-likeness (QED) is 0.683. The molecule has 0 saturated carbocycles. The number of halogens is 1. The van der Waals surface area contributed by atoms with E-state index in [1.807, 2.05) is 0 Å². The Morgan fingerprint density at radius 1 is 1.39 bits per heavy atom. The third kappa shape index (κ3) is 2.10. The van der Waals surface area contributed by atoms with Crippen molar-refractivity contribution < 1.29 is 9.53 Å². The van der Waals surface area contributed by atoms with Gasteiger partial charge in [0.2, 0.25) is 0 Å². The van der Waals surface area contributed by atoms with Crippen LogP contribution in [-0.2, 0) is 4.74 Å². The largest absolute Gasteiger partial charge is 0.464 e. The minimum absolute atomic E-state index is 0.0718. The molecule has 0 radical (unpaired) electrons. The first-order valence-corrected chi connectivity index (χ1v) is 5.31. The van der Waals surface area contributed by atoms with Gasteiger partial charge in [-0.25, -0.2) is 4.79 Å².